The molecule has 4 rings (SSSR count). The third-order valence-corrected chi connectivity index (χ3v) is 4.50. The fourth-order valence-electron chi connectivity index (χ4n) is 3.44. The number of hydrogen-bond acceptors (Lipinski definition) is 3. The van der Waals surface area contributed by atoms with Gasteiger partial charge in [0.25, 0.3) is 0 Å². The molecule has 0 bridgehead atoms. The van der Waals surface area contributed by atoms with Gasteiger partial charge in [-0.3, -0.25) is 0 Å². The summed E-state index contributed by atoms with van der Waals surface area (Å²) < 4.78 is 2.08. The van der Waals surface area contributed by atoms with Gasteiger partial charge in [-0.25, -0.2) is 0 Å². The van der Waals surface area contributed by atoms with Crippen LogP contribution in [0.25, 0.3) is 32.9 Å². The first-order valence-corrected chi connectivity index (χ1v) is 7.91. The van der Waals surface area contributed by atoms with Gasteiger partial charge in [-0.05, 0) is 18.2 Å². The highest BCUT2D eigenvalue weighted by Gasteiger charge is 2.16. The zero-order valence-corrected chi connectivity index (χ0v) is 13.1. The van der Waals surface area contributed by atoms with Crippen LogP contribution in [0.3, 0.4) is 0 Å². The smallest absolute Gasteiger partial charge is 0.123 e. The zero-order chi connectivity index (χ0) is 16.7. The molecule has 3 aromatic carbocycles. The second kappa shape index (κ2) is 5.58. The van der Waals surface area contributed by atoms with E-state index in [-0.39, 0.29) is 12.4 Å². The molecule has 0 unspecified atom stereocenters. The lowest BCUT2D eigenvalue weighted by molar-refractivity contribution is 0.280. The van der Waals surface area contributed by atoms with E-state index in [0.29, 0.717) is 12.2 Å². The van der Waals surface area contributed by atoms with E-state index in [0.717, 1.165) is 32.9 Å². The third-order valence-electron chi connectivity index (χ3n) is 4.50. The van der Waals surface area contributed by atoms with Crippen LogP contribution in [0.2, 0.25) is 0 Å². The van der Waals surface area contributed by atoms with Gasteiger partial charge < -0.3 is 20.5 Å². The maximum atomic E-state index is 10.2. The molecule has 4 N–H and O–H groups in total. The van der Waals surface area contributed by atoms with E-state index in [1.54, 1.807) is 12.1 Å². The van der Waals surface area contributed by atoms with Crippen LogP contribution in [0, 0.1) is 0 Å². The maximum absolute atomic E-state index is 10.2. The molecule has 0 atom stereocenters. The molecular weight excluding hydrogens is 300 g/mol. The zero-order valence-electron chi connectivity index (χ0n) is 13.1. The summed E-state index contributed by atoms with van der Waals surface area (Å²) in [7, 11) is 0. The normalized spacial score (nSPS) is 11.4. The standard InChI is InChI=1S/C20H18N2O2/c21-20-14(13-5-2-4-8-18(13)24)9-10-17-19(20)15-6-1-3-7-16(15)22(17)11-12-23/h1-10,23-24H,11-12,21H2. The second-order valence-electron chi connectivity index (χ2n) is 5.83. The highest BCUT2D eigenvalue weighted by molar-refractivity contribution is 6.16. The van der Waals surface area contributed by atoms with E-state index in [9.17, 15) is 10.2 Å². The van der Waals surface area contributed by atoms with Gasteiger partial charge in [0.2, 0.25) is 0 Å². The molecule has 0 fully saturated rings. The number of aliphatic hydroxyl groups is 1. The van der Waals surface area contributed by atoms with Crippen molar-refractivity contribution in [2.75, 3.05) is 12.3 Å². The molecule has 0 radical (unpaired) electrons. The van der Waals surface area contributed by atoms with Crippen molar-refractivity contribution in [2.24, 2.45) is 0 Å². The minimum atomic E-state index is 0.0644. The highest BCUT2D eigenvalue weighted by Crippen LogP contribution is 2.40. The Bertz CT molecular complexity index is 1050. The molecule has 0 saturated carbocycles. The summed E-state index contributed by atoms with van der Waals surface area (Å²) >= 11 is 0. The van der Waals surface area contributed by atoms with Crippen LogP contribution < -0.4 is 5.73 Å². The van der Waals surface area contributed by atoms with E-state index in [2.05, 4.69) is 4.57 Å². The first kappa shape index (κ1) is 14.6. The first-order chi connectivity index (χ1) is 11.7. The Labute approximate surface area is 139 Å². The summed E-state index contributed by atoms with van der Waals surface area (Å²) in [6, 6.07) is 19.2. The number of hydrogen-bond donors (Lipinski definition) is 3. The Hall–Kier alpha value is -2.98. The number of benzene rings is 3. The van der Waals surface area contributed by atoms with E-state index < -0.39 is 0 Å². The van der Waals surface area contributed by atoms with Crippen LogP contribution in [0.5, 0.6) is 5.75 Å². The van der Waals surface area contributed by atoms with Gasteiger partial charge in [-0.2, -0.15) is 0 Å². The van der Waals surface area contributed by atoms with E-state index >= 15 is 0 Å². The van der Waals surface area contributed by atoms with Crippen molar-refractivity contribution in [3.63, 3.8) is 0 Å². The van der Waals surface area contributed by atoms with Gasteiger partial charge in [0.15, 0.2) is 0 Å². The number of aromatic hydroxyl groups is 1. The van der Waals surface area contributed by atoms with Crippen molar-refractivity contribution in [1.29, 1.82) is 0 Å². The highest BCUT2D eigenvalue weighted by atomic mass is 16.3. The van der Waals surface area contributed by atoms with Gasteiger partial charge >= 0.3 is 0 Å². The van der Waals surface area contributed by atoms with Crippen molar-refractivity contribution in [2.45, 2.75) is 6.54 Å². The molecule has 1 heterocycles. The Kier molecular flexibility index (Phi) is 3.40. The third kappa shape index (κ3) is 2.04. The summed E-state index contributed by atoms with van der Waals surface area (Å²) in [6.45, 7) is 0.578. The molecule has 4 heteroatoms. The summed E-state index contributed by atoms with van der Waals surface area (Å²) in [4.78, 5) is 0. The summed E-state index contributed by atoms with van der Waals surface area (Å²) in [5, 5.41) is 21.6. The van der Waals surface area contributed by atoms with Crippen molar-refractivity contribution in [3.05, 3.63) is 60.7 Å². The number of phenols is 1. The molecule has 0 aliphatic heterocycles. The molecule has 0 aliphatic rings. The molecule has 120 valence electrons. The average molecular weight is 318 g/mol. The second-order valence-corrected chi connectivity index (χ2v) is 5.83. The molecule has 4 aromatic rings. The van der Waals surface area contributed by atoms with Gasteiger partial charge in [0.05, 0.1) is 12.1 Å². The molecule has 24 heavy (non-hydrogen) atoms. The topological polar surface area (TPSA) is 71.4 Å². The summed E-state index contributed by atoms with van der Waals surface area (Å²) in [5.41, 5.74) is 10.7. The number of phenolic OH excluding ortho intramolecular Hbond substituents is 1. The number of para-hydroxylation sites is 2. The Morgan fingerprint density at radius 1 is 0.833 bits per heavy atom. The van der Waals surface area contributed by atoms with Gasteiger partial charge in [-0.1, -0.05) is 42.5 Å². The minimum absolute atomic E-state index is 0.0644. The number of nitrogens with zero attached hydrogens (tertiary/aromatic N) is 1. The summed E-state index contributed by atoms with van der Waals surface area (Å²) in [6.07, 6.45) is 0. The lowest BCUT2D eigenvalue weighted by Crippen LogP contribution is -2.01. The van der Waals surface area contributed by atoms with Crippen LogP contribution in [0.4, 0.5) is 5.69 Å². The van der Waals surface area contributed by atoms with Gasteiger partial charge in [0, 0.05) is 39.6 Å². The molecular formula is C20H18N2O2. The molecule has 0 aliphatic carbocycles. The molecule has 4 nitrogen and oxygen atoms in total. The maximum Gasteiger partial charge on any atom is 0.123 e. The number of anilines is 1. The predicted octanol–water partition coefficient (Wildman–Crippen LogP) is 3.74. The monoisotopic (exact) mass is 318 g/mol. The fraction of sp³-hybridized carbons (Fsp3) is 0.100. The molecule has 0 saturated heterocycles. The Morgan fingerprint density at radius 3 is 2.38 bits per heavy atom. The first-order valence-electron chi connectivity index (χ1n) is 7.91. The number of aliphatic hydroxyl groups excluding tert-OH is 1. The van der Waals surface area contributed by atoms with Crippen molar-refractivity contribution in [3.8, 4) is 16.9 Å². The van der Waals surface area contributed by atoms with Crippen LogP contribution in [-0.4, -0.2) is 21.4 Å². The van der Waals surface area contributed by atoms with Gasteiger partial charge in [-0.15, -0.1) is 0 Å². The molecule has 0 spiro atoms. The van der Waals surface area contributed by atoms with Crippen molar-refractivity contribution >= 4 is 27.5 Å². The van der Waals surface area contributed by atoms with Crippen molar-refractivity contribution < 1.29 is 10.2 Å². The lowest BCUT2D eigenvalue weighted by atomic mass is 9.99. The Morgan fingerprint density at radius 2 is 1.58 bits per heavy atom. The summed E-state index contributed by atoms with van der Waals surface area (Å²) in [5.74, 6) is 0.211. The van der Waals surface area contributed by atoms with E-state index in [4.69, 9.17) is 5.73 Å². The lowest BCUT2D eigenvalue weighted by Gasteiger charge is -2.10. The van der Waals surface area contributed by atoms with Crippen molar-refractivity contribution in [1.82, 2.24) is 4.57 Å². The Balaban J connectivity index is 2.10. The van der Waals surface area contributed by atoms with Crippen LogP contribution in [0.15, 0.2) is 60.7 Å². The van der Waals surface area contributed by atoms with Crippen LogP contribution in [0.1, 0.15) is 0 Å². The van der Waals surface area contributed by atoms with E-state index in [1.807, 2.05) is 48.5 Å². The van der Waals surface area contributed by atoms with Crippen LogP contribution in [-0.2, 0) is 6.54 Å². The minimum Gasteiger partial charge on any atom is -0.507 e. The fourth-order valence-corrected chi connectivity index (χ4v) is 3.44. The van der Waals surface area contributed by atoms with Crippen LogP contribution >= 0.6 is 0 Å². The predicted molar refractivity (Wildman–Crippen MR) is 98.0 cm³/mol. The number of nitrogens with two attached hydrogens (primary N) is 1. The SMILES string of the molecule is Nc1c(-c2ccccc2O)ccc2c1c1ccccc1n2CCO. The quantitative estimate of drug-likeness (QED) is 0.504. The number of fused-ring (bicyclic) bond motifs is 3. The number of nitrogen functional groups attached to an aromatic ring is 1. The molecule has 0 amide bonds. The van der Waals surface area contributed by atoms with E-state index in [1.165, 1.54) is 0 Å². The average Bonchev–Trinajstić information content (AvgIpc) is 2.92. The number of rotatable bonds is 3. The number of aromatic nitrogens is 1. The molecule has 1 aromatic heterocycles. The largest absolute Gasteiger partial charge is 0.507 e. The van der Waals surface area contributed by atoms with Gasteiger partial charge in [0.1, 0.15) is 5.75 Å².